The van der Waals surface area contributed by atoms with Gasteiger partial charge in [-0.3, -0.25) is 4.79 Å². The summed E-state index contributed by atoms with van der Waals surface area (Å²) in [6, 6.07) is 7.63. The Hall–Kier alpha value is -1.97. The molecule has 0 radical (unpaired) electrons. The SMILES string of the molecule is CCOc1ccccc1OCCCC(=O)NCCC1=CCCCC1. The summed E-state index contributed by atoms with van der Waals surface area (Å²) in [6.07, 6.45) is 9.52. The molecule has 0 heterocycles. The van der Waals surface area contributed by atoms with Crippen LogP contribution in [0.5, 0.6) is 11.5 Å². The quantitative estimate of drug-likeness (QED) is 0.515. The first-order chi connectivity index (χ1) is 11.8. The van der Waals surface area contributed by atoms with Gasteiger partial charge in [-0.15, -0.1) is 0 Å². The van der Waals surface area contributed by atoms with E-state index in [0.29, 0.717) is 26.1 Å². The standard InChI is InChI=1S/C20H29NO3/c1-2-23-18-11-6-7-12-19(18)24-16-8-13-20(22)21-15-14-17-9-4-3-5-10-17/h6-7,9,11-12H,2-5,8,10,13-16H2,1H3,(H,21,22). The van der Waals surface area contributed by atoms with Gasteiger partial charge in [-0.25, -0.2) is 0 Å². The van der Waals surface area contributed by atoms with Gasteiger partial charge < -0.3 is 14.8 Å². The fraction of sp³-hybridized carbons (Fsp3) is 0.550. The largest absolute Gasteiger partial charge is 0.490 e. The van der Waals surface area contributed by atoms with Crippen LogP contribution in [0.3, 0.4) is 0 Å². The number of hydrogen-bond donors (Lipinski definition) is 1. The molecule has 0 bridgehead atoms. The third-order valence-corrected chi connectivity index (χ3v) is 4.11. The van der Waals surface area contributed by atoms with Crippen molar-refractivity contribution >= 4 is 5.91 Å². The molecule has 1 aromatic rings. The lowest BCUT2D eigenvalue weighted by Gasteiger charge is -2.13. The highest BCUT2D eigenvalue weighted by atomic mass is 16.5. The molecule has 0 saturated heterocycles. The second-order valence-corrected chi connectivity index (χ2v) is 6.04. The number of para-hydroxylation sites is 2. The van der Waals surface area contributed by atoms with Crippen molar-refractivity contribution in [3.63, 3.8) is 0 Å². The molecule has 132 valence electrons. The van der Waals surface area contributed by atoms with Crippen LogP contribution in [0.4, 0.5) is 0 Å². The maximum Gasteiger partial charge on any atom is 0.220 e. The highest BCUT2D eigenvalue weighted by Crippen LogP contribution is 2.26. The van der Waals surface area contributed by atoms with Gasteiger partial charge in [0.15, 0.2) is 11.5 Å². The fourth-order valence-electron chi connectivity index (χ4n) is 2.84. The predicted octanol–water partition coefficient (Wildman–Crippen LogP) is 4.25. The van der Waals surface area contributed by atoms with Crippen molar-refractivity contribution in [3.8, 4) is 11.5 Å². The summed E-state index contributed by atoms with van der Waals surface area (Å²) >= 11 is 0. The molecule has 0 fully saturated rings. The zero-order valence-corrected chi connectivity index (χ0v) is 14.7. The highest BCUT2D eigenvalue weighted by Gasteiger charge is 2.06. The number of allylic oxidation sites excluding steroid dienone is 1. The van der Waals surface area contributed by atoms with E-state index in [1.807, 2.05) is 31.2 Å². The third kappa shape index (κ3) is 6.65. The van der Waals surface area contributed by atoms with Gasteiger partial charge in [0.05, 0.1) is 13.2 Å². The Morgan fingerprint density at radius 1 is 1.17 bits per heavy atom. The number of benzene rings is 1. The van der Waals surface area contributed by atoms with E-state index >= 15 is 0 Å². The number of nitrogens with one attached hydrogen (secondary N) is 1. The lowest BCUT2D eigenvalue weighted by Crippen LogP contribution is -2.25. The molecule has 4 nitrogen and oxygen atoms in total. The topological polar surface area (TPSA) is 47.6 Å². The first-order valence-electron chi connectivity index (χ1n) is 9.09. The van der Waals surface area contributed by atoms with E-state index in [1.54, 1.807) is 0 Å². The summed E-state index contributed by atoms with van der Waals surface area (Å²) < 4.78 is 11.2. The Morgan fingerprint density at radius 3 is 2.67 bits per heavy atom. The molecular weight excluding hydrogens is 302 g/mol. The first-order valence-corrected chi connectivity index (χ1v) is 9.09. The van der Waals surface area contributed by atoms with Gasteiger partial charge in [-0.2, -0.15) is 0 Å². The van der Waals surface area contributed by atoms with Crippen LogP contribution in [0.2, 0.25) is 0 Å². The monoisotopic (exact) mass is 331 g/mol. The molecule has 0 unspecified atom stereocenters. The van der Waals surface area contributed by atoms with Gasteiger partial charge >= 0.3 is 0 Å². The molecule has 0 saturated carbocycles. The Bertz CT molecular complexity index is 539. The number of ether oxygens (including phenoxy) is 2. The van der Waals surface area contributed by atoms with E-state index in [0.717, 1.165) is 24.5 Å². The van der Waals surface area contributed by atoms with Crippen LogP contribution >= 0.6 is 0 Å². The summed E-state index contributed by atoms with van der Waals surface area (Å²) in [6.45, 7) is 3.82. The number of carbonyl (C=O) groups excluding carboxylic acids is 1. The molecule has 1 aliphatic rings. The second kappa shape index (κ2) is 10.7. The molecule has 1 aliphatic carbocycles. The van der Waals surface area contributed by atoms with Crippen LogP contribution in [0, 0.1) is 0 Å². The summed E-state index contributed by atoms with van der Waals surface area (Å²) in [7, 11) is 0. The summed E-state index contributed by atoms with van der Waals surface area (Å²) in [4.78, 5) is 11.9. The lowest BCUT2D eigenvalue weighted by atomic mass is 9.97. The summed E-state index contributed by atoms with van der Waals surface area (Å²) in [5, 5.41) is 3.00. The van der Waals surface area contributed by atoms with E-state index in [-0.39, 0.29) is 5.91 Å². The van der Waals surface area contributed by atoms with Crippen molar-refractivity contribution in [2.24, 2.45) is 0 Å². The summed E-state index contributed by atoms with van der Waals surface area (Å²) in [5.74, 6) is 1.60. The van der Waals surface area contributed by atoms with Gasteiger partial charge in [0.2, 0.25) is 5.91 Å². The normalized spacial score (nSPS) is 14.0. The molecule has 1 amide bonds. The van der Waals surface area contributed by atoms with Crippen LogP contribution in [-0.2, 0) is 4.79 Å². The molecular formula is C20H29NO3. The molecule has 1 aromatic carbocycles. The van der Waals surface area contributed by atoms with Crippen molar-refractivity contribution in [1.29, 1.82) is 0 Å². The first kappa shape index (κ1) is 18.4. The minimum Gasteiger partial charge on any atom is -0.490 e. The summed E-state index contributed by atoms with van der Waals surface area (Å²) in [5.41, 5.74) is 1.50. The number of rotatable bonds is 10. The number of amides is 1. The van der Waals surface area contributed by atoms with E-state index in [4.69, 9.17) is 9.47 Å². The van der Waals surface area contributed by atoms with Crippen LogP contribution in [0.15, 0.2) is 35.9 Å². The molecule has 0 aromatic heterocycles. The minimum atomic E-state index is 0.105. The predicted molar refractivity (Wildman–Crippen MR) is 96.5 cm³/mol. The number of carbonyl (C=O) groups is 1. The van der Waals surface area contributed by atoms with Crippen LogP contribution in [-0.4, -0.2) is 25.7 Å². The maximum atomic E-state index is 11.9. The average Bonchev–Trinajstić information content (AvgIpc) is 2.61. The Balaban J connectivity index is 1.58. The molecule has 2 rings (SSSR count). The van der Waals surface area contributed by atoms with Crippen LogP contribution < -0.4 is 14.8 Å². The third-order valence-electron chi connectivity index (χ3n) is 4.11. The Kier molecular flexibility index (Phi) is 8.22. The Labute approximate surface area is 145 Å². The van der Waals surface area contributed by atoms with Crippen LogP contribution in [0.1, 0.15) is 51.9 Å². The maximum absolute atomic E-state index is 11.9. The zero-order chi connectivity index (χ0) is 17.0. The Morgan fingerprint density at radius 2 is 1.96 bits per heavy atom. The van der Waals surface area contributed by atoms with Gasteiger partial charge in [0.25, 0.3) is 0 Å². The van der Waals surface area contributed by atoms with Gasteiger partial charge in [-0.1, -0.05) is 23.8 Å². The van der Waals surface area contributed by atoms with Crippen molar-refractivity contribution in [1.82, 2.24) is 5.32 Å². The van der Waals surface area contributed by atoms with E-state index in [2.05, 4.69) is 11.4 Å². The van der Waals surface area contributed by atoms with Crippen molar-refractivity contribution < 1.29 is 14.3 Å². The van der Waals surface area contributed by atoms with Crippen LogP contribution in [0.25, 0.3) is 0 Å². The van der Waals surface area contributed by atoms with Gasteiger partial charge in [0.1, 0.15) is 0 Å². The second-order valence-electron chi connectivity index (χ2n) is 6.04. The van der Waals surface area contributed by atoms with Crippen molar-refractivity contribution in [2.75, 3.05) is 19.8 Å². The fourth-order valence-corrected chi connectivity index (χ4v) is 2.84. The lowest BCUT2D eigenvalue weighted by molar-refractivity contribution is -0.121. The van der Waals surface area contributed by atoms with Gasteiger partial charge in [0, 0.05) is 13.0 Å². The molecule has 4 heteroatoms. The molecule has 0 aliphatic heterocycles. The molecule has 1 N–H and O–H groups in total. The molecule has 0 spiro atoms. The molecule has 0 atom stereocenters. The number of hydrogen-bond acceptors (Lipinski definition) is 3. The van der Waals surface area contributed by atoms with Crippen molar-refractivity contribution in [2.45, 2.75) is 51.9 Å². The van der Waals surface area contributed by atoms with E-state index < -0.39 is 0 Å². The van der Waals surface area contributed by atoms with Gasteiger partial charge in [-0.05, 0) is 57.6 Å². The average molecular weight is 331 g/mol. The smallest absolute Gasteiger partial charge is 0.220 e. The van der Waals surface area contributed by atoms with E-state index in [1.165, 1.54) is 31.3 Å². The van der Waals surface area contributed by atoms with E-state index in [9.17, 15) is 4.79 Å². The zero-order valence-electron chi connectivity index (χ0n) is 14.7. The highest BCUT2D eigenvalue weighted by molar-refractivity contribution is 5.75. The van der Waals surface area contributed by atoms with Crippen molar-refractivity contribution in [3.05, 3.63) is 35.9 Å². The minimum absolute atomic E-state index is 0.105. The molecule has 24 heavy (non-hydrogen) atoms.